The van der Waals surface area contributed by atoms with Gasteiger partial charge in [0.15, 0.2) is 0 Å². The molecule has 0 fully saturated rings. The van der Waals surface area contributed by atoms with Gasteiger partial charge < -0.3 is 4.74 Å². The molecule has 0 amide bonds. The summed E-state index contributed by atoms with van der Waals surface area (Å²) in [5, 5.41) is 0. The Bertz CT molecular complexity index is 279. The van der Waals surface area contributed by atoms with Crippen molar-refractivity contribution in [3.05, 3.63) is 24.3 Å². The van der Waals surface area contributed by atoms with Crippen molar-refractivity contribution in [3.8, 4) is 0 Å². The average Bonchev–Trinajstić information content (AvgIpc) is 2.38. The van der Waals surface area contributed by atoms with Gasteiger partial charge in [0, 0.05) is 7.11 Å². The maximum absolute atomic E-state index is 5.65. The monoisotopic (exact) mass is 234 g/mol. The highest BCUT2D eigenvalue weighted by Crippen LogP contribution is 2.33. The zero-order valence-electron chi connectivity index (χ0n) is 11.3. The van der Waals surface area contributed by atoms with Gasteiger partial charge in [0.25, 0.3) is 0 Å². The number of ether oxygens (including phenoxy) is 1. The Balaban J connectivity index is 1.83. The number of methoxy groups -OCH3 is 1. The van der Waals surface area contributed by atoms with Crippen molar-refractivity contribution in [2.75, 3.05) is 7.11 Å². The maximum Gasteiger partial charge on any atom is 0.0639 e. The van der Waals surface area contributed by atoms with Crippen LogP contribution in [-0.4, -0.2) is 13.2 Å². The molecule has 0 aromatic heterocycles. The Morgan fingerprint density at radius 1 is 1.12 bits per heavy atom. The minimum atomic E-state index is 0.453. The lowest BCUT2D eigenvalue weighted by atomic mass is 9.77. The molecule has 2 aliphatic rings. The van der Waals surface area contributed by atoms with E-state index >= 15 is 0 Å². The molecule has 0 N–H and O–H groups in total. The summed E-state index contributed by atoms with van der Waals surface area (Å²) in [6, 6.07) is 0. The molecule has 0 bridgehead atoms. The van der Waals surface area contributed by atoms with Crippen LogP contribution in [0.3, 0.4) is 0 Å². The van der Waals surface area contributed by atoms with Crippen molar-refractivity contribution in [1.82, 2.24) is 0 Å². The van der Waals surface area contributed by atoms with E-state index in [0.29, 0.717) is 12.0 Å². The summed E-state index contributed by atoms with van der Waals surface area (Å²) in [5.41, 5.74) is 0. The zero-order chi connectivity index (χ0) is 12.1. The van der Waals surface area contributed by atoms with Gasteiger partial charge in [-0.3, -0.25) is 0 Å². The van der Waals surface area contributed by atoms with Gasteiger partial charge in [-0.25, -0.2) is 0 Å². The fourth-order valence-corrected chi connectivity index (χ4v) is 3.35. The van der Waals surface area contributed by atoms with E-state index < -0.39 is 0 Å². The Kier molecular flexibility index (Phi) is 4.85. The summed E-state index contributed by atoms with van der Waals surface area (Å²) >= 11 is 0. The van der Waals surface area contributed by atoms with E-state index in [9.17, 15) is 0 Å². The van der Waals surface area contributed by atoms with E-state index in [2.05, 4.69) is 31.2 Å². The number of hydrogen-bond donors (Lipinski definition) is 0. The fourth-order valence-electron chi connectivity index (χ4n) is 3.35. The molecule has 1 unspecified atom stereocenters. The van der Waals surface area contributed by atoms with Gasteiger partial charge in [-0.15, -0.1) is 0 Å². The molecule has 1 nitrogen and oxygen atoms in total. The van der Waals surface area contributed by atoms with E-state index in [1.807, 2.05) is 7.11 Å². The molecule has 0 saturated carbocycles. The highest BCUT2D eigenvalue weighted by Gasteiger charge is 2.28. The van der Waals surface area contributed by atoms with Gasteiger partial charge in [-0.05, 0) is 56.3 Å². The molecule has 0 radical (unpaired) electrons. The van der Waals surface area contributed by atoms with Crippen LogP contribution in [0.2, 0.25) is 0 Å². The second-order valence-electron chi connectivity index (χ2n) is 5.69. The molecule has 2 aliphatic carbocycles. The van der Waals surface area contributed by atoms with Gasteiger partial charge in [-0.1, -0.05) is 31.2 Å². The first kappa shape index (κ1) is 12.9. The fraction of sp³-hybridized carbons (Fsp3) is 0.750. The Hall–Kier alpha value is -0.560. The van der Waals surface area contributed by atoms with Crippen molar-refractivity contribution < 1.29 is 4.74 Å². The Morgan fingerprint density at radius 2 is 2.00 bits per heavy atom. The van der Waals surface area contributed by atoms with Gasteiger partial charge in [0.2, 0.25) is 0 Å². The van der Waals surface area contributed by atoms with Gasteiger partial charge >= 0.3 is 0 Å². The summed E-state index contributed by atoms with van der Waals surface area (Å²) in [5.74, 6) is 2.35. The molecule has 0 aromatic carbocycles. The van der Waals surface area contributed by atoms with E-state index in [4.69, 9.17) is 4.74 Å². The van der Waals surface area contributed by atoms with Gasteiger partial charge in [0.1, 0.15) is 0 Å². The number of hydrogen-bond acceptors (Lipinski definition) is 1. The minimum absolute atomic E-state index is 0.453. The second kappa shape index (κ2) is 6.39. The number of rotatable bonds is 4. The highest BCUT2D eigenvalue weighted by molar-refractivity contribution is 5.00. The van der Waals surface area contributed by atoms with Gasteiger partial charge in [0.05, 0.1) is 6.10 Å². The molecule has 2 rings (SSSR count). The first-order valence-corrected chi connectivity index (χ1v) is 7.15. The minimum Gasteiger partial charge on any atom is -0.381 e. The van der Waals surface area contributed by atoms with E-state index in [1.54, 1.807) is 0 Å². The molecule has 4 atom stereocenters. The van der Waals surface area contributed by atoms with Crippen molar-refractivity contribution in [2.24, 2.45) is 17.8 Å². The Morgan fingerprint density at radius 3 is 2.71 bits per heavy atom. The van der Waals surface area contributed by atoms with E-state index in [-0.39, 0.29) is 0 Å². The lowest BCUT2D eigenvalue weighted by molar-refractivity contribution is 0.0280. The molecule has 0 saturated heterocycles. The van der Waals surface area contributed by atoms with Crippen molar-refractivity contribution in [3.63, 3.8) is 0 Å². The van der Waals surface area contributed by atoms with Crippen LogP contribution in [0.1, 0.15) is 45.4 Å². The SMILES string of the molecule is COC1CC=C[C@@H](C)[C@H]1CC[C@@H]1CC=CCC1. The van der Waals surface area contributed by atoms with Crippen molar-refractivity contribution in [2.45, 2.75) is 51.6 Å². The summed E-state index contributed by atoms with van der Waals surface area (Å²) in [7, 11) is 1.87. The summed E-state index contributed by atoms with van der Waals surface area (Å²) in [4.78, 5) is 0. The molecule has 0 aliphatic heterocycles. The maximum atomic E-state index is 5.65. The highest BCUT2D eigenvalue weighted by atomic mass is 16.5. The van der Waals surface area contributed by atoms with Crippen LogP contribution in [0.5, 0.6) is 0 Å². The molecule has 1 heteroatoms. The molecule has 96 valence electrons. The van der Waals surface area contributed by atoms with Crippen LogP contribution in [0.25, 0.3) is 0 Å². The molecule has 0 heterocycles. The first-order chi connectivity index (χ1) is 8.31. The predicted octanol–water partition coefficient (Wildman–Crippen LogP) is 4.35. The molecule has 0 spiro atoms. The van der Waals surface area contributed by atoms with Crippen LogP contribution in [0.4, 0.5) is 0 Å². The lowest BCUT2D eigenvalue weighted by Crippen LogP contribution is -2.30. The quantitative estimate of drug-likeness (QED) is 0.657. The predicted molar refractivity (Wildman–Crippen MR) is 72.9 cm³/mol. The van der Waals surface area contributed by atoms with E-state index in [1.165, 1.54) is 32.1 Å². The van der Waals surface area contributed by atoms with E-state index in [0.717, 1.165) is 18.3 Å². The third-order valence-corrected chi connectivity index (χ3v) is 4.55. The van der Waals surface area contributed by atoms with Crippen molar-refractivity contribution in [1.29, 1.82) is 0 Å². The second-order valence-corrected chi connectivity index (χ2v) is 5.69. The standard InChI is InChI=1S/C16H26O/c1-13-7-6-10-16(17-2)15(13)12-11-14-8-4-3-5-9-14/h3-4,6-7,13-16H,5,8-12H2,1-2H3/t13-,14-,15-,16?/m1/s1. The topological polar surface area (TPSA) is 9.23 Å². The third kappa shape index (κ3) is 3.45. The molecule has 17 heavy (non-hydrogen) atoms. The third-order valence-electron chi connectivity index (χ3n) is 4.55. The normalized spacial score (nSPS) is 37.3. The zero-order valence-corrected chi connectivity index (χ0v) is 11.3. The first-order valence-electron chi connectivity index (χ1n) is 7.15. The molecular formula is C16H26O. The number of allylic oxidation sites excluding steroid dienone is 3. The Labute approximate surface area is 106 Å². The van der Waals surface area contributed by atoms with Crippen molar-refractivity contribution >= 4 is 0 Å². The summed E-state index contributed by atoms with van der Waals surface area (Å²) < 4.78 is 5.65. The van der Waals surface area contributed by atoms with Crippen LogP contribution in [0, 0.1) is 17.8 Å². The van der Waals surface area contributed by atoms with Crippen LogP contribution < -0.4 is 0 Å². The van der Waals surface area contributed by atoms with Crippen LogP contribution in [0.15, 0.2) is 24.3 Å². The van der Waals surface area contributed by atoms with Crippen LogP contribution >= 0.6 is 0 Å². The molecular weight excluding hydrogens is 208 g/mol. The van der Waals surface area contributed by atoms with Crippen LogP contribution in [-0.2, 0) is 4.74 Å². The summed E-state index contributed by atoms with van der Waals surface area (Å²) in [6.45, 7) is 2.34. The van der Waals surface area contributed by atoms with Gasteiger partial charge in [-0.2, -0.15) is 0 Å². The largest absolute Gasteiger partial charge is 0.381 e. The average molecular weight is 234 g/mol. The lowest BCUT2D eigenvalue weighted by Gasteiger charge is -2.33. The molecule has 0 aromatic rings. The smallest absolute Gasteiger partial charge is 0.0639 e. The summed E-state index contributed by atoms with van der Waals surface area (Å²) in [6.07, 6.45) is 17.6.